The molecule has 2 heterocycles. The molecule has 6 nitrogen and oxygen atoms in total. The molecule has 0 bridgehead atoms. The maximum Gasteiger partial charge on any atom is 0.410 e. The molecular formula is C19H26N2O4S. The number of nitrogens with zero attached hydrogens (tertiary/aromatic N) is 2. The first-order valence-corrected chi connectivity index (χ1v) is 10.3. The van der Waals surface area contributed by atoms with Crippen LogP contribution in [0, 0.1) is 0 Å². The smallest absolute Gasteiger partial charge is 0.410 e. The zero-order valence-electron chi connectivity index (χ0n) is 15.3. The molecule has 0 radical (unpaired) electrons. The quantitative estimate of drug-likeness (QED) is 0.762. The van der Waals surface area contributed by atoms with Crippen LogP contribution in [0.3, 0.4) is 0 Å². The molecule has 1 aromatic carbocycles. The fraction of sp³-hybridized carbons (Fsp3) is 0.579. The second-order valence-corrected chi connectivity index (χ2v) is 8.02. The molecule has 2 fully saturated rings. The van der Waals surface area contributed by atoms with Crippen molar-refractivity contribution in [1.82, 2.24) is 9.80 Å². The van der Waals surface area contributed by atoms with Crippen LogP contribution in [0.1, 0.15) is 19.8 Å². The molecule has 0 N–H and O–H groups in total. The second kappa shape index (κ2) is 8.20. The number of amides is 2. The summed E-state index contributed by atoms with van der Waals surface area (Å²) < 4.78 is 11.4. The Bertz CT molecular complexity index is 632. The Labute approximate surface area is 158 Å². The molecule has 1 spiro atoms. The van der Waals surface area contributed by atoms with E-state index in [-0.39, 0.29) is 17.3 Å². The monoisotopic (exact) mass is 378 g/mol. The normalized spacial score (nSPS) is 20.2. The van der Waals surface area contributed by atoms with Crippen molar-refractivity contribution in [2.45, 2.75) is 30.6 Å². The van der Waals surface area contributed by atoms with E-state index in [2.05, 4.69) is 0 Å². The van der Waals surface area contributed by atoms with Gasteiger partial charge in [0, 0.05) is 25.9 Å². The number of ether oxygens (including phenoxy) is 2. The van der Waals surface area contributed by atoms with Crippen molar-refractivity contribution in [2.24, 2.45) is 0 Å². The first-order chi connectivity index (χ1) is 12.5. The highest BCUT2D eigenvalue weighted by Gasteiger charge is 2.47. The van der Waals surface area contributed by atoms with Crippen LogP contribution < -0.4 is 4.74 Å². The van der Waals surface area contributed by atoms with Gasteiger partial charge in [0.1, 0.15) is 18.0 Å². The molecule has 0 aromatic heterocycles. The van der Waals surface area contributed by atoms with Crippen LogP contribution in [0.25, 0.3) is 0 Å². The first kappa shape index (κ1) is 18.9. The molecule has 2 aliphatic rings. The number of piperidine rings is 1. The fourth-order valence-electron chi connectivity index (χ4n) is 3.41. The molecule has 0 unspecified atom stereocenters. The summed E-state index contributed by atoms with van der Waals surface area (Å²) in [4.78, 5) is 28.1. The van der Waals surface area contributed by atoms with Gasteiger partial charge in [-0.3, -0.25) is 4.79 Å². The van der Waals surface area contributed by atoms with E-state index in [0.717, 1.165) is 5.75 Å². The van der Waals surface area contributed by atoms with Gasteiger partial charge >= 0.3 is 6.09 Å². The van der Waals surface area contributed by atoms with E-state index < -0.39 is 5.60 Å². The maximum atomic E-state index is 12.3. The van der Waals surface area contributed by atoms with E-state index >= 15 is 0 Å². The minimum absolute atomic E-state index is 0.0261. The number of benzene rings is 1. The number of thioether (sulfide) groups is 1. The van der Waals surface area contributed by atoms with Crippen LogP contribution in [-0.4, -0.2) is 71.7 Å². The highest BCUT2D eigenvalue weighted by molar-refractivity contribution is 7.99. The van der Waals surface area contributed by atoms with Gasteiger partial charge in [-0.15, -0.1) is 0 Å². The number of para-hydroxylation sites is 1. The summed E-state index contributed by atoms with van der Waals surface area (Å²) in [5.74, 6) is 0.967. The highest BCUT2D eigenvalue weighted by atomic mass is 32.2. The summed E-state index contributed by atoms with van der Waals surface area (Å²) in [6.45, 7) is 4.73. The summed E-state index contributed by atoms with van der Waals surface area (Å²) in [5, 5.41) is -0.0261. The summed E-state index contributed by atoms with van der Waals surface area (Å²) in [6.07, 6.45) is 3.06. The standard InChI is InChI=1S/C19H26N2O4S/c1-15(26-2)17(22)20-10-8-19(9-11-20)14-21(18(23)25-19)12-13-24-16-6-4-3-5-7-16/h3-7,15H,8-14H2,1-2H3/t15-/m0/s1. The molecule has 7 heteroatoms. The van der Waals surface area contributed by atoms with Gasteiger partial charge in [-0.25, -0.2) is 4.79 Å². The minimum atomic E-state index is -0.455. The zero-order chi connectivity index (χ0) is 18.6. The lowest BCUT2D eigenvalue weighted by atomic mass is 9.91. The largest absolute Gasteiger partial charge is 0.492 e. The molecule has 142 valence electrons. The minimum Gasteiger partial charge on any atom is -0.492 e. The molecule has 26 heavy (non-hydrogen) atoms. The van der Waals surface area contributed by atoms with E-state index in [1.54, 1.807) is 16.7 Å². The lowest BCUT2D eigenvalue weighted by Gasteiger charge is -2.38. The number of carbonyl (C=O) groups is 2. The number of likely N-dealkylation sites (tertiary alicyclic amines) is 1. The van der Waals surface area contributed by atoms with Crippen LogP contribution in [0.4, 0.5) is 4.79 Å². The Kier molecular flexibility index (Phi) is 5.96. The molecule has 2 saturated heterocycles. The van der Waals surface area contributed by atoms with Gasteiger partial charge in [0.05, 0.1) is 18.3 Å². The van der Waals surface area contributed by atoms with Gasteiger partial charge in [-0.2, -0.15) is 11.8 Å². The van der Waals surface area contributed by atoms with Gasteiger partial charge in [0.25, 0.3) is 0 Å². The molecule has 0 aliphatic carbocycles. The van der Waals surface area contributed by atoms with Crippen LogP contribution in [-0.2, 0) is 9.53 Å². The van der Waals surface area contributed by atoms with Gasteiger partial charge in [-0.05, 0) is 25.3 Å². The Morgan fingerprint density at radius 2 is 2.00 bits per heavy atom. The van der Waals surface area contributed by atoms with E-state index in [4.69, 9.17) is 9.47 Å². The third-order valence-corrected chi connectivity index (χ3v) is 6.01. The Morgan fingerprint density at radius 3 is 2.65 bits per heavy atom. The summed E-state index contributed by atoms with van der Waals surface area (Å²) >= 11 is 1.56. The van der Waals surface area contributed by atoms with E-state index in [9.17, 15) is 9.59 Å². The summed E-state index contributed by atoms with van der Waals surface area (Å²) in [7, 11) is 0. The van der Waals surface area contributed by atoms with E-state index in [1.807, 2.05) is 48.4 Å². The summed E-state index contributed by atoms with van der Waals surface area (Å²) in [6, 6.07) is 9.56. The lowest BCUT2D eigenvalue weighted by Crippen LogP contribution is -2.50. The number of carbonyl (C=O) groups excluding carboxylic acids is 2. The molecule has 3 rings (SSSR count). The Balaban J connectivity index is 1.48. The number of rotatable bonds is 6. The zero-order valence-corrected chi connectivity index (χ0v) is 16.2. The van der Waals surface area contributed by atoms with Crippen molar-refractivity contribution in [2.75, 3.05) is 39.0 Å². The van der Waals surface area contributed by atoms with Crippen molar-refractivity contribution in [3.63, 3.8) is 0 Å². The van der Waals surface area contributed by atoms with Crippen molar-refractivity contribution < 1.29 is 19.1 Å². The van der Waals surface area contributed by atoms with E-state index in [0.29, 0.717) is 45.6 Å². The first-order valence-electron chi connectivity index (χ1n) is 9.00. The molecule has 1 aromatic rings. The summed E-state index contributed by atoms with van der Waals surface area (Å²) in [5.41, 5.74) is -0.455. The van der Waals surface area contributed by atoms with Gasteiger partial charge in [0.15, 0.2) is 0 Å². The van der Waals surface area contributed by atoms with Gasteiger partial charge in [0.2, 0.25) is 5.91 Å². The molecular weight excluding hydrogens is 352 g/mol. The van der Waals surface area contributed by atoms with Gasteiger partial charge < -0.3 is 19.3 Å². The SMILES string of the molecule is CS[C@@H](C)C(=O)N1CCC2(CC1)CN(CCOc1ccccc1)C(=O)O2. The Morgan fingerprint density at radius 1 is 1.31 bits per heavy atom. The van der Waals surface area contributed by atoms with Crippen LogP contribution in [0.5, 0.6) is 5.75 Å². The van der Waals surface area contributed by atoms with Crippen molar-refractivity contribution in [1.29, 1.82) is 0 Å². The van der Waals surface area contributed by atoms with Crippen LogP contribution in [0.2, 0.25) is 0 Å². The fourth-order valence-corrected chi connectivity index (χ4v) is 3.76. The second-order valence-electron chi connectivity index (χ2n) is 6.84. The van der Waals surface area contributed by atoms with E-state index in [1.165, 1.54) is 0 Å². The average Bonchev–Trinajstić information content (AvgIpc) is 2.97. The number of hydrogen-bond donors (Lipinski definition) is 0. The number of hydrogen-bond acceptors (Lipinski definition) is 5. The van der Waals surface area contributed by atoms with Crippen LogP contribution >= 0.6 is 11.8 Å². The molecule has 0 saturated carbocycles. The third kappa shape index (κ3) is 4.26. The predicted octanol–water partition coefficient (Wildman–Crippen LogP) is 2.63. The third-order valence-electron chi connectivity index (χ3n) is 5.10. The topological polar surface area (TPSA) is 59.1 Å². The predicted molar refractivity (Wildman–Crippen MR) is 102 cm³/mol. The van der Waals surface area contributed by atoms with Crippen molar-refractivity contribution in [3.05, 3.63) is 30.3 Å². The average molecular weight is 378 g/mol. The Hall–Kier alpha value is -1.89. The van der Waals surface area contributed by atoms with Gasteiger partial charge in [-0.1, -0.05) is 18.2 Å². The highest BCUT2D eigenvalue weighted by Crippen LogP contribution is 2.33. The lowest BCUT2D eigenvalue weighted by molar-refractivity contribution is -0.133. The molecule has 2 amide bonds. The maximum absolute atomic E-state index is 12.3. The molecule has 1 atom stereocenters. The van der Waals surface area contributed by atoms with Crippen molar-refractivity contribution >= 4 is 23.8 Å². The molecule has 2 aliphatic heterocycles. The van der Waals surface area contributed by atoms with Crippen molar-refractivity contribution in [3.8, 4) is 5.75 Å². The van der Waals surface area contributed by atoms with Crippen LogP contribution in [0.15, 0.2) is 30.3 Å².